The van der Waals surface area contributed by atoms with E-state index in [1.165, 1.54) is 0 Å². The Balaban J connectivity index is 1.81. The molecular weight excluding hydrogens is 506 g/mol. The van der Waals surface area contributed by atoms with Crippen molar-refractivity contribution in [3.63, 3.8) is 0 Å². The number of hydrogen-bond acceptors (Lipinski definition) is 10. The van der Waals surface area contributed by atoms with Gasteiger partial charge in [0.15, 0.2) is 5.16 Å². The second-order valence-corrected chi connectivity index (χ2v) is 14.0. The van der Waals surface area contributed by atoms with E-state index in [-0.39, 0.29) is 0 Å². The second kappa shape index (κ2) is 21.4. The molecule has 0 fully saturated rings. The number of rotatable bonds is 23. The molecule has 34 heavy (non-hydrogen) atoms. The molecule has 0 bridgehead atoms. The molecule has 0 radical (unpaired) electrons. The van der Waals surface area contributed by atoms with Crippen LogP contribution in [0.5, 0.6) is 0 Å². The maximum atomic E-state index is 8.11. The lowest BCUT2D eigenvalue weighted by Crippen LogP contribution is -2.14. The minimum absolute atomic E-state index is 0.332. The van der Waals surface area contributed by atoms with Gasteiger partial charge < -0.3 is 28.4 Å². The zero-order valence-corrected chi connectivity index (χ0v) is 22.3. The minimum Gasteiger partial charge on any atom is -0.379 e. The van der Waals surface area contributed by atoms with E-state index in [0.29, 0.717) is 85.8 Å². The smallest absolute Gasteiger partial charge is 0.188 e. The second-order valence-electron chi connectivity index (χ2n) is 7.11. The van der Waals surface area contributed by atoms with Gasteiger partial charge in [-0.15, -0.1) is 0 Å². The molecule has 0 aliphatic carbocycles. The van der Waals surface area contributed by atoms with Crippen LogP contribution in [0.25, 0.3) is 10.4 Å². The Bertz CT molecular complexity index is 666. The molecular formula is C20H36ClN5O6S2. The number of hydrogen-bond donors (Lipinski definition) is 0. The summed E-state index contributed by atoms with van der Waals surface area (Å²) in [6.45, 7) is 6.09. The van der Waals surface area contributed by atoms with Crippen LogP contribution in [0.2, 0.25) is 0 Å². The van der Waals surface area contributed by atoms with E-state index in [2.05, 4.69) is 20.0 Å². The van der Waals surface area contributed by atoms with E-state index in [1.54, 1.807) is 24.2 Å². The van der Waals surface area contributed by atoms with E-state index in [4.69, 9.17) is 44.6 Å². The van der Waals surface area contributed by atoms with E-state index in [9.17, 15) is 0 Å². The number of azide groups is 1. The van der Waals surface area contributed by atoms with E-state index < -0.39 is 9.24 Å². The summed E-state index contributed by atoms with van der Waals surface area (Å²) in [5.41, 5.74) is 9.04. The van der Waals surface area contributed by atoms with Gasteiger partial charge in [0.25, 0.3) is 0 Å². The molecule has 0 aliphatic heterocycles. The van der Waals surface area contributed by atoms with Crippen molar-refractivity contribution in [3.05, 3.63) is 28.4 Å². The lowest BCUT2D eigenvalue weighted by Gasteiger charge is -2.19. The predicted octanol–water partition coefficient (Wildman–Crippen LogP) is 3.65. The van der Waals surface area contributed by atoms with Crippen LogP contribution in [-0.4, -0.2) is 107 Å². The molecule has 0 spiro atoms. The van der Waals surface area contributed by atoms with Crippen molar-refractivity contribution < 1.29 is 28.4 Å². The first-order valence-electron chi connectivity index (χ1n) is 10.8. The van der Waals surface area contributed by atoms with Gasteiger partial charge in [-0.1, -0.05) is 27.6 Å². The van der Waals surface area contributed by atoms with Gasteiger partial charge in [0.05, 0.1) is 79.3 Å². The standard InChI is InChI=1S/C20H36ClN5O6S2/c1-34(2,21)18-33-20-23-15-19(16-24-20)17-32-14-13-31-12-11-30-10-9-29-8-7-28-6-5-27-4-3-25-26-22/h15-16H,3-14,17-18H2,1-2H3. The molecule has 0 amide bonds. The van der Waals surface area contributed by atoms with Crippen LogP contribution in [0.3, 0.4) is 0 Å². The van der Waals surface area contributed by atoms with E-state index in [0.717, 1.165) is 15.8 Å². The number of halogens is 1. The van der Waals surface area contributed by atoms with E-state index >= 15 is 0 Å². The summed E-state index contributed by atoms with van der Waals surface area (Å²) in [4.78, 5) is 11.3. The number of thioether (sulfide) groups is 1. The summed E-state index contributed by atoms with van der Waals surface area (Å²) in [7, 11) is 5.17. The highest BCUT2D eigenvalue weighted by Crippen LogP contribution is 2.49. The molecule has 1 heterocycles. The van der Waals surface area contributed by atoms with Gasteiger partial charge in [-0.3, -0.25) is 0 Å². The number of aromatic nitrogens is 2. The fraction of sp³-hybridized carbons (Fsp3) is 0.800. The monoisotopic (exact) mass is 541 g/mol. The highest BCUT2D eigenvalue weighted by atomic mass is 35.7. The molecule has 0 aliphatic rings. The Labute approximate surface area is 212 Å². The topological polar surface area (TPSA) is 130 Å². The molecule has 0 atom stereocenters. The average Bonchev–Trinajstić information content (AvgIpc) is 2.82. The molecule has 0 aromatic carbocycles. The molecule has 1 rings (SSSR count). The summed E-state index contributed by atoms with van der Waals surface area (Å²) in [6.07, 6.45) is 7.65. The third-order valence-electron chi connectivity index (χ3n) is 3.68. The molecule has 0 unspecified atom stereocenters. The first kappa shape index (κ1) is 31.2. The molecule has 0 saturated carbocycles. The maximum absolute atomic E-state index is 8.11. The van der Waals surface area contributed by atoms with Crippen molar-refractivity contribution in [1.29, 1.82) is 0 Å². The van der Waals surface area contributed by atoms with Gasteiger partial charge >= 0.3 is 0 Å². The van der Waals surface area contributed by atoms with Gasteiger partial charge in [-0.25, -0.2) is 9.97 Å². The SMILES string of the molecule is CS(C)(Cl)CSc1ncc(COCCOCCOCCOCCOCCOCCN=[N+]=[N-])cn1. The maximum Gasteiger partial charge on any atom is 0.188 e. The average molecular weight is 542 g/mol. The lowest BCUT2D eigenvalue weighted by molar-refractivity contribution is -0.0174. The van der Waals surface area contributed by atoms with Crippen molar-refractivity contribution in [2.45, 2.75) is 11.8 Å². The highest BCUT2D eigenvalue weighted by molar-refractivity contribution is 8.54. The zero-order chi connectivity index (χ0) is 24.7. The normalized spacial score (nSPS) is 12.0. The molecule has 0 N–H and O–H groups in total. The minimum atomic E-state index is -1.09. The Kier molecular flexibility index (Phi) is 19.6. The highest BCUT2D eigenvalue weighted by Gasteiger charge is 2.09. The van der Waals surface area contributed by atoms with Crippen molar-refractivity contribution in [2.75, 3.05) is 96.8 Å². The van der Waals surface area contributed by atoms with Gasteiger partial charge in [0.2, 0.25) is 0 Å². The summed E-state index contributed by atoms with van der Waals surface area (Å²) >= 11 is 1.57. The Morgan fingerprint density at radius 3 is 1.71 bits per heavy atom. The molecule has 1 aromatic heterocycles. The fourth-order valence-corrected chi connectivity index (χ4v) is 4.32. The van der Waals surface area contributed by atoms with Crippen LogP contribution >= 0.6 is 31.7 Å². The van der Waals surface area contributed by atoms with Crippen LogP contribution in [0.1, 0.15) is 5.56 Å². The lowest BCUT2D eigenvalue weighted by atomic mass is 10.4. The van der Waals surface area contributed by atoms with Gasteiger partial charge in [0, 0.05) is 34.5 Å². The van der Waals surface area contributed by atoms with Gasteiger partial charge in [-0.2, -0.15) is 9.24 Å². The predicted molar refractivity (Wildman–Crippen MR) is 136 cm³/mol. The van der Waals surface area contributed by atoms with Crippen LogP contribution in [0.4, 0.5) is 0 Å². The Morgan fingerprint density at radius 1 is 0.824 bits per heavy atom. The number of nitrogens with zero attached hydrogens (tertiary/aromatic N) is 5. The van der Waals surface area contributed by atoms with E-state index in [1.807, 2.05) is 12.5 Å². The van der Waals surface area contributed by atoms with Crippen LogP contribution in [-0.2, 0) is 35.0 Å². The van der Waals surface area contributed by atoms with Crippen molar-refractivity contribution in [1.82, 2.24) is 9.97 Å². The number of ether oxygens (including phenoxy) is 6. The van der Waals surface area contributed by atoms with Gasteiger partial charge in [0.1, 0.15) is 0 Å². The first-order chi connectivity index (χ1) is 16.5. The third kappa shape index (κ3) is 20.5. The largest absolute Gasteiger partial charge is 0.379 e. The molecule has 11 nitrogen and oxygen atoms in total. The zero-order valence-electron chi connectivity index (χ0n) is 19.9. The molecule has 14 heteroatoms. The third-order valence-corrected chi connectivity index (χ3v) is 7.66. The van der Waals surface area contributed by atoms with Crippen LogP contribution in [0.15, 0.2) is 22.7 Å². The quantitative estimate of drug-likeness (QED) is 0.0508. The molecule has 1 aromatic rings. The van der Waals surface area contributed by atoms with Crippen molar-refractivity contribution in [3.8, 4) is 0 Å². The van der Waals surface area contributed by atoms with Crippen molar-refractivity contribution in [2.24, 2.45) is 5.11 Å². The fourth-order valence-electron chi connectivity index (χ4n) is 2.12. The summed E-state index contributed by atoms with van der Waals surface area (Å²) < 4.78 is 32.5. The summed E-state index contributed by atoms with van der Waals surface area (Å²) in [5, 5.41) is 4.92. The van der Waals surface area contributed by atoms with Crippen molar-refractivity contribution >= 4 is 31.7 Å². The molecule has 0 saturated heterocycles. The van der Waals surface area contributed by atoms with Gasteiger partial charge in [-0.05, 0) is 18.0 Å². The Morgan fingerprint density at radius 2 is 1.26 bits per heavy atom. The first-order valence-corrected chi connectivity index (χ1v) is 15.3. The summed E-state index contributed by atoms with van der Waals surface area (Å²) in [6, 6.07) is 0. The Hall–Kier alpha value is -0.860. The van der Waals surface area contributed by atoms with Crippen LogP contribution < -0.4 is 0 Å². The van der Waals surface area contributed by atoms with Crippen LogP contribution in [0, 0.1) is 0 Å². The summed E-state index contributed by atoms with van der Waals surface area (Å²) in [5.74, 6) is 0. The molecule has 196 valence electrons.